The van der Waals surface area contributed by atoms with Crippen LogP contribution in [0, 0.1) is 19.8 Å². The third-order valence-electron chi connectivity index (χ3n) is 4.99. The number of ether oxygens (including phenoxy) is 1. The zero-order valence-corrected chi connectivity index (χ0v) is 16.8. The Bertz CT molecular complexity index is 923. The van der Waals surface area contributed by atoms with E-state index in [2.05, 4.69) is 0 Å². The van der Waals surface area contributed by atoms with Gasteiger partial charge in [-0.15, -0.1) is 0 Å². The van der Waals surface area contributed by atoms with Crippen LogP contribution in [-0.2, 0) is 14.3 Å². The molecule has 28 heavy (non-hydrogen) atoms. The van der Waals surface area contributed by atoms with E-state index in [9.17, 15) is 14.4 Å². The van der Waals surface area contributed by atoms with Gasteiger partial charge in [-0.1, -0.05) is 47.5 Å². The Balaban J connectivity index is 1.66. The monoisotopic (exact) mass is 399 g/mol. The fourth-order valence-electron chi connectivity index (χ4n) is 3.26. The maximum absolute atomic E-state index is 12.5. The summed E-state index contributed by atoms with van der Waals surface area (Å²) in [6.45, 7) is 5.53. The van der Waals surface area contributed by atoms with Gasteiger partial charge >= 0.3 is 5.97 Å². The molecule has 0 N–H and O–H groups in total. The van der Waals surface area contributed by atoms with E-state index in [0.717, 1.165) is 11.1 Å². The summed E-state index contributed by atoms with van der Waals surface area (Å²) < 4.78 is 5.37. The molecule has 2 atom stereocenters. The van der Waals surface area contributed by atoms with Crippen LogP contribution >= 0.6 is 11.6 Å². The molecule has 1 aliphatic heterocycles. The molecule has 1 heterocycles. The number of carbonyl (C=O) groups is 3. The molecule has 0 saturated carbocycles. The number of aryl methyl sites for hydroxylation is 1. The molecule has 0 radical (unpaired) electrons. The molecule has 0 aliphatic carbocycles. The highest BCUT2D eigenvalue weighted by molar-refractivity contribution is 6.31. The standard InChI is InChI=1S/C22H22ClNO4/c1-13-7-9-16(10-8-13)21(26)15(3)28-22(27)17-11-20(25)24(12-17)19-6-4-5-18(23)14(19)2/h4-10,15,17H,11-12H2,1-3H3/t15-,17+/m1/s1. The number of hydrogen-bond donors (Lipinski definition) is 0. The van der Waals surface area contributed by atoms with Crippen LogP contribution in [-0.4, -0.2) is 30.3 Å². The first kappa shape index (κ1) is 20.1. The molecule has 0 unspecified atom stereocenters. The molecular formula is C22H22ClNO4. The number of ketones is 1. The molecule has 0 bridgehead atoms. The first-order chi connectivity index (χ1) is 13.3. The lowest BCUT2D eigenvalue weighted by Crippen LogP contribution is -2.30. The smallest absolute Gasteiger partial charge is 0.312 e. The largest absolute Gasteiger partial charge is 0.454 e. The minimum atomic E-state index is -0.910. The first-order valence-electron chi connectivity index (χ1n) is 9.14. The second kappa shape index (κ2) is 8.15. The van der Waals surface area contributed by atoms with Gasteiger partial charge in [0.25, 0.3) is 0 Å². The van der Waals surface area contributed by atoms with Gasteiger partial charge in [-0.3, -0.25) is 14.4 Å². The van der Waals surface area contributed by atoms with Crippen molar-refractivity contribution in [2.75, 3.05) is 11.4 Å². The van der Waals surface area contributed by atoms with Crippen molar-refractivity contribution in [3.8, 4) is 0 Å². The molecule has 1 aliphatic rings. The van der Waals surface area contributed by atoms with Crippen LogP contribution in [0.15, 0.2) is 42.5 Å². The lowest BCUT2D eigenvalue weighted by atomic mass is 10.1. The Kier molecular flexibility index (Phi) is 5.84. The van der Waals surface area contributed by atoms with Gasteiger partial charge in [0.1, 0.15) is 0 Å². The summed E-state index contributed by atoms with van der Waals surface area (Å²) in [7, 11) is 0. The van der Waals surface area contributed by atoms with Crippen molar-refractivity contribution < 1.29 is 19.1 Å². The predicted octanol–water partition coefficient (Wildman–Crippen LogP) is 4.12. The van der Waals surface area contributed by atoms with Gasteiger partial charge in [-0.05, 0) is 38.5 Å². The fourth-order valence-corrected chi connectivity index (χ4v) is 3.43. The van der Waals surface area contributed by atoms with E-state index in [1.165, 1.54) is 0 Å². The van der Waals surface area contributed by atoms with Gasteiger partial charge < -0.3 is 9.64 Å². The van der Waals surface area contributed by atoms with Crippen LogP contribution in [0.1, 0.15) is 34.8 Å². The molecule has 6 heteroatoms. The second-order valence-electron chi connectivity index (χ2n) is 7.10. The van der Waals surface area contributed by atoms with E-state index in [0.29, 0.717) is 16.3 Å². The van der Waals surface area contributed by atoms with E-state index in [1.807, 2.05) is 26.0 Å². The first-order valence-corrected chi connectivity index (χ1v) is 9.52. The van der Waals surface area contributed by atoms with Crippen molar-refractivity contribution in [3.05, 3.63) is 64.2 Å². The molecule has 1 amide bonds. The van der Waals surface area contributed by atoms with Crippen LogP contribution in [0.4, 0.5) is 5.69 Å². The van der Waals surface area contributed by atoms with Crippen molar-refractivity contribution in [1.82, 2.24) is 0 Å². The Morgan fingerprint density at radius 3 is 2.50 bits per heavy atom. The van der Waals surface area contributed by atoms with E-state index in [4.69, 9.17) is 16.3 Å². The Hall–Kier alpha value is -2.66. The van der Waals surface area contributed by atoms with Gasteiger partial charge in [-0.2, -0.15) is 0 Å². The number of esters is 1. The topological polar surface area (TPSA) is 63.7 Å². The lowest BCUT2D eigenvalue weighted by molar-refractivity contribution is -0.151. The summed E-state index contributed by atoms with van der Waals surface area (Å²) in [5.74, 6) is -1.58. The quantitative estimate of drug-likeness (QED) is 0.560. The van der Waals surface area contributed by atoms with Crippen LogP contribution in [0.2, 0.25) is 5.02 Å². The summed E-state index contributed by atoms with van der Waals surface area (Å²) in [6.07, 6.45) is -0.858. The molecule has 0 spiro atoms. The Morgan fingerprint density at radius 1 is 1.14 bits per heavy atom. The van der Waals surface area contributed by atoms with Gasteiger partial charge in [0, 0.05) is 29.2 Å². The average molecular weight is 400 g/mol. The molecule has 2 aromatic carbocycles. The number of halogens is 1. The van der Waals surface area contributed by atoms with Gasteiger partial charge in [0.2, 0.25) is 11.7 Å². The number of hydrogen-bond acceptors (Lipinski definition) is 4. The van der Waals surface area contributed by atoms with Gasteiger partial charge in [0.15, 0.2) is 6.10 Å². The highest BCUT2D eigenvalue weighted by Gasteiger charge is 2.38. The van der Waals surface area contributed by atoms with Crippen LogP contribution in [0.5, 0.6) is 0 Å². The minimum absolute atomic E-state index is 0.0518. The minimum Gasteiger partial charge on any atom is -0.454 e. The summed E-state index contributed by atoms with van der Waals surface area (Å²) in [4.78, 5) is 39.0. The highest BCUT2D eigenvalue weighted by Crippen LogP contribution is 2.32. The molecule has 1 fully saturated rings. The second-order valence-corrected chi connectivity index (χ2v) is 7.51. The Labute approximate surface area is 169 Å². The highest BCUT2D eigenvalue weighted by atomic mass is 35.5. The van der Waals surface area contributed by atoms with E-state index in [1.54, 1.807) is 42.2 Å². The number of Topliss-reactive ketones (excluding diaryl/α,β-unsaturated/α-hetero) is 1. The van der Waals surface area contributed by atoms with Crippen molar-refractivity contribution in [3.63, 3.8) is 0 Å². The molecule has 1 saturated heterocycles. The number of amides is 1. The molecule has 5 nitrogen and oxygen atoms in total. The van der Waals surface area contributed by atoms with Crippen molar-refractivity contribution in [2.24, 2.45) is 5.92 Å². The normalized spacial score (nSPS) is 17.5. The van der Waals surface area contributed by atoms with E-state index < -0.39 is 18.0 Å². The van der Waals surface area contributed by atoms with Gasteiger partial charge in [-0.25, -0.2) is 0 Å². The summed E-state index contributed by atoms with van der Waals surface area (Å²) in [5, 5.41) is 0.564. The summed E-state index contributed by atoms with van der Waals surface area (Å²) in [5.41, 5.74) is 3.01. The third-order valence-corrected chi connectivity index (χ3v) is 5.40. The number of nitrogens with zero attached hydrogens (tertiary/aromatic N) is 1. The molecule has 0 aromatic heterocycles. The SMILES string of the molecule is Cc1ccc(C(=O)[C@@H](C)OC(=O)[C@H]2CC(=O)N(c3cccc(Cl)c3C)C2)cc1. The van der Waals surface area contributed by atoms with E-state index in [-0.39, 0.29) is 24.7 Å². The zero-order valence-electron chi connectivity index (χ0n) is 16.1. The molecule has 3 rings (SSSR count). The molecule has 146 valence electrons. The average Bonchev–Trinajstić information content (AvgIpc) is 3.05. The third kappa shape index (κ3) is 4.09. The van der Waals surface area contributed by atoms with Crippen LogP contribution in [0.25, 0.3) is 0 Å². The lowest BCUT2D eigenvalue weighted by Gasteiger charge is -2.20. The zero-order chi connectivity index (χ0) is 20.4. The number of rotatable bonds is 5. The summed E-state index contributed by atoms with van der Waals surface area (Å²) >= 11 is 6.14. The maximum atomic E-state index is 12.5. The predicted molar refractivity (Wildman–Crippen MR) is 108 cm³/mol. The van der Waals surface area contributed by atoms with E-state index >= 15 is 0 Å². The number of carbonyl (C=O) groups excluding carboxylic acids is 3. The summed E-state index contributed by atoms with van der Waals surface area (Å²) in [6, 6.07) is 12.4. The molecular weight excluding hydrogens is 378 g/mol. The number of anilines is 1. The van der Waals surface area contributed by atoms with Crippen LogP contribution in [0.3, 0.4) is 0 Å². The van der Waals surface area contributed by atoms with Gasteiger partial charge in [0.05, 0.1) is 5.92 Å². The number of benzene rings is 2. The maximum Gasteiger partial charge on any atom is 0.312 e. The van der Waals surface area contributed by atoms with Crippen molar-refractivity contribution >= 4 is 34.9 Å². The molecule has 2 aromatic rings. The van der Waals surface area contributed by atoms with Crippen molar-refractivity contribution in [2.45, 2.75) is 33.3 Å². The fraction of sp³-hybridized carbons (Fsp3) is 0.318. The van der Waals surface area contributed by atoms with Crippen LogP contribution < -0.4 is 4.90 Å². The Morgan fingerprint density at radius 2 is 1.82 bits per heavy atom. The van der Waals surface area contributed by atoms with Crippen molar-refractivity contribution in [1.29, 1.82) is 0 Å².